The largest absolute Gasteiger partial charge is 0.497 e. The maximum Gasteiger partial charge on any atom is 0.186 e. The number of benzene rings is 1. The van der Waals surface area contributed by atoms with E-state index in [2.05, 4.69) is 36.8 Å². The number of hydrogen-bond donors (Lipinski definition) is 0. The summed E-state index contributed by atoms with van der Waals surface area (Å²) in [4.78, 5) is 16.3. The summed E-state index contributed by atoms with van der Waals surface area (Å²) in [5, 5.41) is 0. The molecule has 0 spiro atoms. The van der Waals surface area contributed by atoms with E-state index in [4.69, 9.17) is 4.74 Å². The van der Waals surface area contributed by atoms with E-state index in [-0.39, 0.29) is 5.78 Å². The van der Waals surface area contributed by atoms with Crippen molar-refractivity contribution < 1.29 is 9.53 Å². The van der Waals surface area contributed by atoms with Crippen molar-refractivity contribution in [3.05, 3.63) is 56.7 Å². The first kappa shape index (κ1) is 14.2. The van der Waals surface area contributed by atoms with Crippen LogP contribution in [0.25, 0.3) is 0 Å². The molecule has 2 rings (SSSR count). The number of Topliss-reactive ketones (excluding diaryl/α,β-unsaturated/α-hetero) is 1. The molecule has 0 bridgehead atoms. The Kier molecular flexibility index (Phi) is 4.71. The summed E-state index contributed by atoms with van der Waals surface area (Å²) in [5.74, 6) is 0.709. The second kappa shape index (κ2) is 6.30. The average Bonchev–Trinajstić information content (AvgIpc) is 2.38. The number of aromatic nitrogens is 1. The third-order valence-electron chi connectivity index (χ3n) is 2.57. The van der Waals surface area contributed by atoms with Crippen molar-refractivity contribution in [1.29, 1.82) is 0 Å². The van der Waals surface area contributed by atoms with E-state index in [0.29, 0.717) is 16.6 Å². The molecular formula is C14H11Br2NO2. The van der Waals surface area contributed by atoms with Crippen molar-refractivity contribution in [3.63, 3.8) is 0 Å². The van der Waals surface area contributed by atoms with Crippen molar-refractivity contribution in [2.24, 2.45) is 0 Å². The number of ketones is 1. The van der Waals surface area contributed by atoms with Crippen molar-refractivity contribution in [1.82, 2.24) is 4.98 Å². The minimum absolute atomic E-state index is 0.0346. The number of hydrogen-bond acceptors (Lipinski definition) is 3. The maximum absolute atomic E-state index is 12.2. The zero-order valence-electron chi connectivity index (χ0n) is 10.2. The Hall–Kier alpha value is -1.20. The summed E-state index contributed by atoms with van der Waals surface area (Å²) in [5.41, 5.74) is 1.34. The van der Waals surface area contributed by atoms with Crippen LogP contribution in [-0.4, -0.2) is 17.9 Å². The van der Waals surface area contributed by atoms with Crippen LogP contribution in [0.3, 0.4) is 0 Å². The van der Waals surface area contributed by atoms with Crippen molar-refractivity contribution in [2.45, 2.75) is 6.42 Å². The Morgan fingerprint density at radius 3 is 2.79 bits per heavy atom. The maximum atomic E-state index is 12.2. The molecule has 0 saturated heterocycles. The van der Waals surface area contributed by atoms with Crippen LogP contribution in [0.4, 0.5) is 0 Å². The van der Waals surface area contributed by atoms with Gasteiger partial charge in [0.05, 0.1) is 7.11 Å². The molecule has 2 aromatic rings. The second-order valence-electron chi connectivity index (χ2n) is 3.94. The first-order valence-corrected chi connectivity index (χ1v) is 7.16. The van der Waals surface area contributed by atoms with Gasteiger partial charge in [0.1, 0.15) is 11.4 Å². The molecule has 5 heteroatoms. The average molecular weight is 385 g/mol. The molecule has 0 aliphatic heterocycles. The number of ether oxygens (including phenoxy) is 1. The molecule has 1 heterocycles. The third kappa shape index (κ3) is 3.64. The molecule has 1 aromatic carbocycles. The fourth-order valence-electron chi connectivity index (χ4n) is 1.67. The number of carbonyl (C=O) groups is 1. The quantitative estimate of drug-likeness (QED) is 0.746. The van der Waals surface area contributed by atoms with Gasteiger partial charge < -0.3 is 4.74 Å². The van der Waals surface area contributed by atoms with Crippen LogP contribution in [0.15, 0.2) is 45.5 Å². The lowest BCUT2D eigenvalue weighted by atomic mass is 10.1. The zero-order valence-corrected chi connectivity index (χ0v) is 13.4. The first-order chi connectivity index (χ1) is 9.10. The molecule has 3 nitrogen and oxygen atoms in total. The Labute approximate surface area is 128 Å². The smallest absolute Gasteiger partial charge is 0.186 e. The second-order valence-corrected chi connectivity index (χ2v) is 5.71. The van der Waals surface area contributed by atoms with E-state index in [9.17, 15) is 4.79 Å². The van der Waals surface area contributed by atoms with Gasteiger partial charge in [-0.3, -0.25) is 9.78 Å². The van der Waals surface area contributed by atoms with Crippen LogP contribution < -0.4 is 4.74 Å². The highest BCUT2D eigenvalue weighted by Gasteiger charge is 2.13. The molecule has 0 aliphatic rings. The molecule has 0 aliphatic carbocycles. The van der Waals surface area contributed by atoms with Crippen LogP contribution in [0.5, 0.6) is 5.75 Å². The van der Waals surface area contributed by atoms with E-state index in [0.717, 1.165) is 15.8 Å². The van der Waals surface area contributed by atoms with Gasteiger partial charge in [-0.1, -0.05) is 12.1 Å². The van der Waals surface area contributed by atoms with E-state index in [1.54, 1.807) is 13.3 Å². The van der Waals surface area contributed by atoms with Gasteiger partial charge in [-0.05, 0) is 55.6 Å². The highest BCUT2D eigenvalue weighted by Crippen LogP contribution is 2.21. The first-order valence-electron chi connectivity index (χ1n) is 5.57. The normalized spacial score (nSPS) is 10.3. The van der Waals surface area contributed by atoms with Gasteiger partial charge in [-0.15, -0.1) is 0 Å². The van der Waals surface area contributed by atoms with Crippen LogP contribution in [0.2, 0.25) is 0 Å². The lowest BCUT2D eigenvalue weighted by Crippen LogP contribution is -2.07. The fourth-order valence-corrected chi connectivity index (χ4v) is 2.88. The molecule has 0 saturated carbocycles. The van der Waals surface area contributed by atoms with Crippen LogP contribution in [0.1, 0.15) is 16.1 Å². The lowest BCUT2D eigenvalue weighted by molar-refractivity contribution is 0.0987. The van der Waals surface area contributed by atoms with Crippen molar-refractivity contribution in [3.8, 4) is 5.75 Å². The Morgan fingerprint density at radius 1 is 1.32 bits per heavy atom. The number of nitrogens with zero attached hydrogens (tertiary/aromatic N) is 1. The number of carbonyl (C=O) groups excluding carboxylic acids is 1. The summed E-state index contributed by atoms with van der Waals surface area (Å²) in [6.45, 7) is 0. The van der Waals surface area contributed by atoms with E-state index in [1.807, 2.05) is 30.3 Å². The van der Waals surface area contributed by atoms with Crippen molar-refractivity contribution in [2.75, 3.05) is 7.11 Å². The van der Waals surface area contributed by atoms with Gasteiger partial charge in [0.2, 0.25) is 0 Å². The number of methoxy groups -OCH3 is 1. The Morgan fingerprint density at radius 2 is 2.11 bits per heavy atom. The van der Waals surface area contributed by atoms with E-state index >= 15 is 0 Å². The van der Waals surface area contributed by atoms with Gasteiger partial charge in [-0.25, -0.2) is 0 Å². The minimum Gasteiger partial charge on any atom is -0.497 e. The number of rotatable bonds is 4. The van der Waals surface area contributed by atoms with Gasteiger partial charge in [0.25, 0.3) is 0 Å². The Balaban J connectivity index is 2.20. The fraction of sp³-hybridized carbons (Fsp3) is 0.143. The molecule has 0 atom stereocenters. The molecule has 0 fully saturated rings. The van der Waals surface area contributed by atoms with Crippen molar-refractivity contribution >= 4 is 37.6 Å². The Bertz CT molecular complexity index is 614. The van der Waals surface area contributed by atoms with Gasteiger partial charge in [0, 0.05) is 21.6 Å². The molecule has 0 N–H and O–H groups in total. The summed E-state index contributed by atoms with van der Waals surface area (Å²) in [6.07, 6.45) is 1.91. The van der Waals surface area contributed by atoms with Crippen LogP contribution in [0, 0.1) is 0 Å². The van der Waals surface area contributed by atoms with Gasteiger partial charge in [0.15, 0.2) is 5.78 Å². The topological polar surface area (TPSA) is 39.2 Å². The van der Waals surface area contributed by atoms with Gasteiger partial charge >= 0.3 is 0 Å². The molecule has 0 amide bonds. The molecule has 0 radical (unpaired) electrons. The molecule has 19 heavy (non-hydrogen) atoms. The molecule has 0 unspecified atom stereocenters. The lowest BCUT2D eigenvalue weighted by Gasteiger charge is -2.05. The summed E-state index contributed by atoms with van der Waals surface area (Å²) in [7, 11) is 1.60. The number of pyridine rings is 1. The number of halogens is 2. The minimum atomic E-state index is -0.0346. The monoisotopic (exact) mass is 383 g/mol. The highest BCUT2D eigenvalue weighted by atomic mass is 79.9. The summed E-state index contributed by atoms with van der Waals surface area (Å²) < 4.78 is 6.66. The van der Waals surface area contributed by atoms with Gasteiger partial charge in [-0.2, -0.15) is 0 Å². The SMILES string of the molecule is COc1cccc(CC(=O)c2ncc(Br)cc2Br)c1. The van der Waals surface area contributed by atoms with E-state index < -0.39 is 0 Å². The van der Waals surface area contributed by atoms with Crippen LogP contribution >= 0.6 is 31.9 Å². The third-order valence-corrected chi connectivity index (χ3v) is 3.61. The molecule has 98 valence electrons. The summed E-state index contributed by atoms with van der Waals surface area (Å²) in [6, 6.07) is 9.27. The highest BCUT2D eigenvalue weighted by molar-refractivity contribution is 9.11. The standard InChI is InChI=1S/C14H11Br2NO2/c1-19-11-4-2-3-9(5-11)6-13(18)14-12(16)7-10(15)8-17-14/h2-5,7-8H,6H2,1H3. The predicted molar refractivity (Wildman–Crippen MR) is 80.7 cm³/mol. The van der Waals surface area contributed by atoms with Crippen LogP contribution in [-0.2, 0) is 6.42 Å². The molecular weight excluding hydrogens is 374 g/mol. The van der Waals surface area contributed by atoms with E-state index in [1.165, 1.54) is 0 Å². The zero-order chi connectivity index (χ0) is 13.8. The molecule has 1 aromatic heterocycles. The predicted octanol–water partition coefficient (Wildman–Crippen LogP) is 4.04. The summed E-state index contributed by atoms with van der Waals surface area (Å²) >= 11 is 6.66.